The number of aliphatic hydroxyl groups is 2. The van der Waals surface area contributed by atoms with Crippen LogP contribution in [0.3, 0.4) is 0 Å². The summed E-state index contributed by atoms with van der Waals surface area (Å²) in [6.45, 7) is 17.5. The van der Waals surface area contributed by atoms with E-state index >= 15 is 4.39 Å². The van der Waals surface area contributed by atoms with Gasteiger partial charge >= 0.3 is 0 Å². The van der Waals surface area contributed by atoms with Crippen molar-refractivity contribution in [1.29, 1.82) is 0 Å². The first-order valence-corrected chi connectivity index (χ1v) is 38.8. The number of hydrogen-bond acceptors (Lipinski definition) is 17. The summed E-state index contributed by atoms with van der Waals surface area (Å²) in [6, 6.07) is 37.7. The lowest BCUT2D eigenvalue weighted by Gasteiger charge is -2.29. The van der Waals surface area contributed by atoms with Crippen LogP contribution in [0.5, 0.6) is 0 Å². The van der Waals surface area contributed by atoms with Crippen LogP contribution in [0.25, 0.3) is 44.3 Å². The third-order valence-electron chi connectivity index (χ3n) is 20.8. The maximum atomic E-state index is 15.1. The van der Waals surface area contributed by atoms with Gasteiger partial charge in [0.2, 0.25) is 0 Å². The molecule has 14 rings (SSSR count). The van der Waals surface area contributed by atoms with E-state index in [1.54, 1.807) is 97.1 Å². The Kier molecular flexibility index (Phi) is 27.9. The lowest BCUT2D eigenvalue weighted by molar-refractivity contribution is 0.0792. The monoisotopic (exact) mass is 1510 g/mol. The summed E-state index contributed by atoms with van der Waals surface area (Å²) in [6.07, 6.45) is 12.4. The fourth-order valence-electron chi connectivity index (χ4n) is 14.5. The highest BCUT2D eigenvalue weighted by Crippen LogP contribution is 2.35. The molecule has 10 aromatic rings. The fraction of sp³-hybridized carbons (Fsp3) is 0.384. The van der Waals surface area contributed by atoms with Crippen LogP contribution >= 0.6 is 0 Å². The van der Waals surface area contributed by atoms with Crippen LogP contribution in [0.4, 0.5) is 20.2 Å². The van der Waals surface area contributed by atoms with E-state index in [2.05, 4.69) is 59.2 Å². The van der Waals surface area contributed by atoms with E-state index in [1.165, 1.54) is 12.1 Å². The molecule has 4 saturated heterocycles. The van der Waals surface area contributed by atoms with Crippen LogP contribution in [0.1, 0.15) is 170 Å². The number of ether oxygens (including phenoxy) is 2. The van der Waals surface area contributed by atoms with E-state index in [9.17, 15) is 33.5 Å². The topological polar surface area (TPSA) is 293 Å². The number of anilines is 2. The van der Waals surface area contributed by atoms with E-state index in [1.807, 2.05) is 66.8 Å². The Balaban J connectivity index is 0.000000190. The average Bonchev–Trinajstić information content (AvgIpc) is 1.68. The molecule has 0 atom stereocenters. The molecule has 4 fully saturated rings. The number of rotatable bonds is 25. The van der Waals surface area contributed by atoms with Crippen LogP contribution in [-0.2, 0) is 68.1 Å². The molecule has 0 unspecified atom stereocenters. The summed E-state index contributed by atoms with van der Waals surface area (Å²) >= 11 is 0. The van der Waals surface area contributed by atoms with Crippen molar-refractivity contribution in [2.45, 2.75) is 162 Å². The molecule has 4 aliphatic heterocycles. The molecule has 4 aliphatic rings. The molecule has 0 bridgehead atoms. The smallest absolute Gasteiger partial charge is 0.251 e. The minimum absolute atomic E-state index is 0.0266. The van der Waals surface area contributed by atoms with Gasteiger partial charge in [-0.2, -0.15) is 10.2 Å². The maximum absolute atomic E-state index is 15.1. The first-order valence-electron chi connectivity index (χ1n) is 38.8. The highest BCUT2D eigenvalue weighted by Gasteiger charge is 2.27. The van der Waals surface area contributed by atoms with Gasteiger partial charge in [0.15, 0.2) is 11.3 Å². The lowest BCUT2D eigenvalue weighted by atomic mass is 9.99. The molecule has 9 N–H and O–H groups in total. The molecule has 25 heteroatoms. The number of piperidine rings is 2. The molecule has 4 aromatic heterocycles. The average molecular weight is 1510 g/mol. The van der Waals surface area contributed by atoms with Gasteiger partial charge in [0, 0.05) is 159 Å². The number of likely N-dealkylation sites (tertiary alicyclic amines) is 1. The molecular weight excluding hydrogens is 1410 g/mol. The molecule has 23 nitrogen and oxygen atoms in total. The second kappa shape index (κ2) is 38.8. The summed E-state index contributed by atoms with van der Waals surface area (Å²) < 4.78 is 44.7. The number of aryl methyl sites for hydroxylation is 4. The second-order valence-electron chi connectivity index (χ2n) is 28.4. The number of hydrogen-bond donors (Lipinski definition) is 9. The van der Waals surface area contributed by atoms with Gasteiger partial charge in [-0.15, -0.1) is 0 Å². The maximum Gasteiger partial charge on any atom is 0.251 e. The Bertz CT molecular complexity index is 4890. The first-order chi connectivity index (χ1) is 54.1. The number of benzene rings is 6. The number of fused-ring (bicyclic) bond motifs is 2. The van der Waals surface area contributed by atoms with E-state index in [-0.39, 0.29) is 79.9 Å². The van der Waals surface area contributed by atoms with Gasteiger partial charge in [0.25, 0.3) is 23.6 Å². The van der Waals surface area contributed by atoms with Gasteiger partial charge in [-0.05, 0) is 192 Å². The van der Waals surface area contributed by atoms with Gasteiger partial charge < -0.3 is 56.9 Å². The number of aliphatic hydroxyl groups excluding tert-OH is 2. The number of nitrogens with zero attached hydrogens (tertiary/aromatic N) is 7. The number of halogens is 2. The SMILES string of the molecule is CCc1nc2c(cnn2CC)c(NC2CCOCC2)c1CNC(=O)c1cccc(C(=O)NCc2ccc(F)c(-c3cccc(C=O)c3)c2)c1.CCc1nc2c(cnn2CC)c(NC2CCOCC2)c1CNC(=O)c1cccc(C(=O)NCc2ccc(F)c(-c3cccc(CN4CCC(O)CC4)c3)c2)c1.OC1CCNCC1. The lowest BCUT2D eigenvalue weighted by Crippen LogP contribution is -2.35. The van der Waals surface area contributed by atoms with Crippen LogP contribution in [-0.4, -0.2) is 151 Å². The zero-order valence-electron chi connectivity index (χ0n) is 63.6. The van der Waals surface area contributed by atoms with E-state index in [0.717, 1.165) is 157 Å². The van der Waals surface area contributed by atoms with E-state index in [4.69, 9.17) is 24.5 Å². The number of aromatic nitrogens is 6. The van der Waals surface area contributed by atoms with Crippen molar-refractivity contribution in [3.8, 4) is 22.3 Å². The predicted octanol–water partition coefficient (Wildman–Crippen LogP) is 12.0. The molecule has 111 heavy (non-hydrogen) atoms. The molecular formula is C86H100F2N14O9. The molecule has 0 saturated carbocycles. The predicted molar refractivity (Wildman–Crippen MR) is 425 cm³/mol. The minimum atomic E-state index is -0.430. The van der Waals surface area contributed by atoms with Crippen molar-refractivity contribution >= 4 is 63.4 Å². The molecule has 0 spiro atoms. The summed E-state index contributed by atoms with van der Waals surface area (Å²) in [5, 5.41) is 52.2. The zero-order chi connectivity index (χ0) is 77.8. The van der Waals surface area contributed by atoms with E-state index in [0.29, 0.717) is 109 Å². The molecule has 8 heterocycles. The van der Waals surface area contributed by atoms with Crippen molar-refractivity contribution in [3.63, 3.8) is 0 Å². The van der Waals surface area contributed by atoms with Crippen LogP contribution < -0.4 is 37.2 Å². The van der Waals surface area contributed by atoms with Crippen LogP contribution in [0.2, 0.25) is 0 Å². The Morgan fingerprint density at radius 3 is 1.35 bits per heavy atom. The summed E-state index contributed by atoms with van der Waals surface area (Å²) in [5.74, 6) is -2.10. The van der Waals surface area contributed by atoms with Crippen LogP contribution in [0, 0.1) is 11.6 Å². The number of amides is 4. The number of carbonyl (C=O) groups excluding carboxylic acids is 5. The number of carbonyl (C=O) groups is 5. The van der Waals surface area contributed by atoms with Crippen LogP contribution in [0.15, 0.2) is 146 Å². The Morgan fingerprint density at radius 1 is 0.505 bits per heavy atom. The van der Waals surface area contributed by atoms with Crippen molar-refractivity contribution in [1.82, 2.24) is 61.0 Å². The first kappa shape index (κ1) is 79.9. The normalized spacial score (nSPS) is 15.2. The largest absolute Gasteiger partial charge is 0.393 e. The Labute approximate surface area is 645 Å². The van der Waals surface area contributed by atoms with Gasteiger partial charge in [-0.3, -0.25) is 28.9 Å². The highest BCUT2D eigenvalue weighted by atomic mass is 19.1. The number of nitrogens with one attached hydrogen (secondary N) is 7. The third kappa shape index (κ3) is 20.7. The van der Waals surface area contributed by atoms with Gasteiger partial charge in [0.05, 0.1) is 46.7 Å². The van der Waals surface area contributed by atoms with Gasteiger partial charge in [-0.1, -0.05) is 74.5 Å². The van der Waals surface area contributed by atoms with Crippen molar-refractivity contribution in [3.05, 3.63) is 225 Å². The second-order valence-corrected chi connectivity index (χ2v) is 28.4. The molecule has 0 radical (unpaired) electrons. The zero-order valence-corrected chi connectivity index (χ0v) is 63.6. The number of aldehydes is 1. The fourth-order valence-corrected chi connectivity index (χ4v) is 14.5. The van der Waals surface area contributed by atoms with E-state index < -0.39 is 5.82 Å². The molecule has 0 aliphatic carbocycles. The quantitative estimate of drug-likeness (QED) is 0.0240. The highest BCUT2D eigenvalue weighted by molar-refractivity contribution is 6.01. The molecule has 4 amide bonds. The van der Waals surface area contributed by atoms with Gasteiger partial charge in [-0.25, -0.2) is 28.1 Å². The van der Waals surface area contributed by atoms with Crippen molar-refractivity contribution in [2.24, 2.45) is 0 Å². The summed E-state index contributed by atoms with van der Waals surface area (Å²) in [4.78, 5) is 77.0. The Hall–Kier alpha value is -10.7. The minimum Gasteiger partial charge on any atom is -0.393 e. The number of pyridine rings is 2. The molecule has 6 aromatic carbocycles. The third-order valence-corrected chi connectivity index (χ3v) is 20.8. The molecule has 582 valence electrons. The standard InChI is InChI=1S/C43H50FN7O4.C38H39FN6O4.C5H11NO/c1-3-39-36(40(48-33-15-19-55-20-16-33)37-26-47-51(4-2)41(37)49-39)25-46-43(54)32-10-6-9-31(23-32)42(53)45-24-28-11-12-38(44)35(22-28)30-8-5-7-29(21-30)27-50-17-13-34(52)14-18-50;1-3-34-31(35(43-29-13-15-49-16-14-29)32-22-42-45(4-2)36(32)44-34)21-41-38(48)28-10-6-9-27(19-28)37(47)40-20-24-11-12-33(39)30(18-24)26-8-5-7-25(17-26)23-46;7-5-1-3-6-4-2-5/h5-12,21-23,26,33-34,52H,3-4,13-20,24-25,27H2,1-2H3,(H,45,53)(H,46,54)(H,48,49);5-12,17-19,22-23,29H,3-4,13-16,20-21H2,1-2H3,(H,40,47)(H,41,48)(H,43,44);5-7H,1-4H2. The summed E-state index contributed by atoms with van der Waals surface area (Å²) in [7, 11) is 0. The Morgan fingerprint density at radius 2 is 0.928 bits per heavy atom. The van der Waals surface area contributed by atoms with Crippen molar-refractivity contribution in [2.75, 3.05) is 63.2 Å². The summed E-state index contributed by atoms with van der Waals surface area (Å²) in [5.41, 5.74) is 13.6. The van der Waals surface area contributed by atoms with Crippen molar-refractivity contribution < 1.29 is 52.4 Å². The van der Waals surface area contributed by atoms with Gasteiger partial charge in [0.1, 0.15) is 17.9 Å².